The predicted octanol–water partition coefficient (Wildman–Crippen LogP) is 3.52. The molecule has 0 aliphatic rings. The van der Waals surface area contributed by atoms with Crippen LogP contribution in [0.1, 0.15) is 10.4 Å². The van der Waals surface area contributed by atoms with E-state index in [1.165, 1.54) is 23.9 Å². The molecule has 0 fully saturated rings. The number of aromatic nitrogens is 3. The highest BCUT2D eigenvalue weighted by Crippen LogP contribution is 2.28. The average molecular weight is 362 g/mol. The van der Waals surface area contributed by atoms with E-state index in [9.17, 15) is 9.18 Å². The first-order valence-corrected chi connectivity index (χ1v) is 8.15. The van der Waals surface area contributed by atoms with Gasteiger partial charge in [-0.1, -0.05) is 12.1 Å². The van der Waals surface area contributed by atoms with E-state index in [1.54, 1.807) is 18.5 Å². The van der Waals surface area contributed by atoms with E-state index in [0.717, 1.165) is 17.2 Å². The third kappa shape index (κ3) is 2.89. The first kappa shape index (κ1) is 16.7. The van der Waals surface area contributed by atoms with Gasteiger partial charge in [-0.2, -0.15) is 4.68 Å². The number of pyridine rings is 1. The molecule has 2 N–H and O–H groups in total. The second-order valence-corrected chi connectivity index (χ2v) is 5.93. The van der Waals surface area contributed by atoms with Crippen LogP contribution >= 0.6 is 0 Å². The monoisotopic (exact) mass is 362 g/mol. The number of hydrogen-bond donors (Lipinski definition) is 1. The van der Waals surface area contributed by atoms with Crippen molar-refractivity contribution in [1.29, 1.82) is 0 Å². The van der Waals surface area contributed by atoms with E-state index in [4.69, 9.17) is 10.5 Å². The van der Waals surface area contributed by atoms with E-state index in [1.807, 2.05) is 24.3 Å². The fourth-order valence-electron chi connectivity index (χ4n) is 2.93. The van der Waals surface area contributed by atoms with Gasteiger partial charge in [0, 0.05) is 28.9 Å². The standard InChI is InChI=1S/C20H15FN4O2/c1-27-18-7-5-13(10-16(18)21)20(26)25-17-6-4-12(9-15(17)19(22)24-25)14-3-2-8-23-11-14/h2-11H,1H3,(H2,22,24). The quantitative estimate of drug-likeness (QED) is 0.603. The molecule has 2 aromatic carbocycles. The molecule has 0 saturated heterocycles. The van der Waals surface area contributed by atoms with E-state index in [0.29, 0.717) is 10.9 Å². The van der Waals surface area contributed by atoms with Gasteiger partial charge >= 0.3 is 0 Å². The lowest BCUT2D eigenvalue weighted by Gasteiger charge is -2.06. The van der Waals surface area contributed by atoms with Crippen LogP contribution in [0.2, 0.25) is 0 Å². The molecule has 134 valence electrons. The van der Waals surface area contributed by atoms with Gasteiger partial charge in [0.1, 0.15) is 0 Å². The number of benzene rings is 2. The first-order valence-electron chi connectivity index (χ1n) is 8.15. The van der Waals surface area contributed by atoms with Crippen molar-refractivity contribution in [2.75, 3.05) is 12.8 Å². The summed E-state index contributed by atoms with van der Waals surface area (Å²) in [6.07, 6.45) is 3.44. The van der Waals surface area contributed by atoms with Crippen molar-refractivity contribution >= 4 is 22.6 Å². The molecule has 0 saturated carbocycles. The van der Waals surface area contributed by atoms with Gasteiger partial charge in [-0.3, -0.25) is 9.78 Å². The third-order valence-corrected chi connectivity index (χ3v) is 4.29. The van der Waals surface area contributed by atoms with Crippen molar-refractivity contribution in [3.8, 4) is 16.9 Å². The Morgan fingerprint density at radius 1 is 1.15 bits per heavy atom. The van der Waals surface area contributed by atoms with Gasteiger partial charge in [-0.25, -0.2) is 4.39 Å². The zero-order chi connectivity index (χ0) is 19.0. The molecule has 2 heterocycles. The molecule has 0 radical (unpaired) electrons. The van der Waals surface area contributed by atoms with E-state index in [2.05, 4.69) is 10.1 Å². The summed E-state index contributed by atoms with van der Waals surface area (Å²) in [5, 5.41) is 4.79. The van der Waals surface area contributed by atoms with Crippen LogP contribution in [0.25, 0.3) is 22.0 Å². The second-order valence-electron chi connectivity index (χ2n) is 5.93. The van der Waals surface area contributed by atoms with Gasteiger partial charge in [0.05, 0.1) is 12.6 Å². The Balaban J connectivity index is 1.79. The molecule has 4 rings (SSSR count). The number of anilines is 1. The zero-order valence-corrected chi connectivity index (χ0v) is 14.4. The maximum Gasteiger partial charge on any atom is 0.278 e. The smallest absolute Gasteiger partial charge is 0.278 e. The molecular formula is C20H15FN4O2. The van der Waals surface area contributed by atoms with Crippen LogP contribution in [0.4, 0.5) is 10.2 Å². The number of nitrogens with two attached hydrogens (primary N) is 1. The molecular weight excluding hydrogens is 347 g/mol. The topological polar surface area (TPSA) is 83.0 Å². The van der Waals surface area contributed by atoms with Gasteiger partial charge in [0.15, 0.2) is 17.4 Å². The number of halogens is 1. The molecule has 2 aromatic heterocycles. The number of carbonyl (C=O) groups excluding carboxylic acids is 1. The van der Waals surface area contributed by atoms with Crippen molar-refractivity contribution in [3.63, 3.8) is 0 Å². The van der Waals surface area contributed by atoms with Gasteiger partial charge in [0.25, 0.3) is 5.91 Å². The van der Waals surface area contributed by atoms with Crippen molar-refractivity contribution in [2.45, 2.75) is 0 Å². The first-order chi connectivity index (χ1) is 13.1. The fourth-order valence-corrected chi connectivity index (χ4v) is 2.93. The van der Waals surface area contributed by atoms with Crippen molar-refractivity contribution < 1.29 is 13.9 Å². The molecule has 0 spiro atoms. The lowest BCUT2D eigenvalue weighted by Crippen LogP contribution is -2.14. The maximum absolute atomic E-state index is 13.9. The van der Waals surface area contributed by atoms with Crippen LogP contribution in [-0.2, 0) is 0 Å². The van der Waals surface area contributed by atoms with Crippen LogP contribution in [0.3, 0.4) is 0 Å². The van der Waals surface area contributed by atoms with Crippen LogP contribution < -0.4 is 10.5 Å². The van der Waals surface area contributed by atoms with Crippen molar-refractivity contribution in [2.24, 2.45) is 0 Å². The number of nitrogens with zero attached hydrogens (tertiary/aromatic N) is 3. The Kier molecular flexibility index (Phi) is 4.04. The van der Waals surface area contributed by atoms with Gasteiger partial charge in [-0.05, 0) is 42.0 Å². The lowest BCUT2D eigenvalue weighted by molar-refractivity contribution is 0.0950. The number of nitrogen functional groups attached to an aromatic ring is 1. The Hall–Kier alpha value is -3.74. The van der Waals surface area contributed by atoms with Gasteiger partial charge in [0.2, 0.25) is 0 Å². The Morgan fingerprint density at radius 2 is 2.00 bits per heavy atom. The molecule has 7 heteroatoms. The normalized spacial score (nSPS) is 10.9. The Labute approximate surface area is 154 Å². The number of fused-ring (bicyclic) bond motifs is 1. The van der Waals surface area contributed by atoms with Crippen LogP contribution in [-0.4, -0.2) is 27.8 Å². The zero-order valence-electron chi connectivity index (χ0n) is 14.4. The highest BCUT2D eigenvalue weighted by Gasteiger charge is 2.18. The SMILES string of the molecule is COc1ccc(C(=O)n2nc(N)c3cc(-c4cccnc4)ccc32)cc1F. The van der Waals surface area contributed by atoms with Crippen LogP contribution in [0, 0.1) is 5.82 Å². The fraction of sp³-hybridized carbons (Fsp3) is 0.0500. The molecule has 0 aliphatic heterocycles. The summed E-state index contributed by atoms with van der Waals surface area (Å²) >= 11 is 0. The van der Waals surface area contributed by atoms with E-state index < -0.39 is 11.7 Å². The van der Waals surface area contributed by atoms with E-state index >= 15 is 0 Å². The van der Waals surface area contributed by atoms with E-state index in [-0.39, 0.29) is 17.1 Å². The molecule has 4 aromatic rings. The van der Waals surface area contributed by atoms with Gasteiger partial charge < -0.3 is 10.5 Å². The largest absolute Gasteiger partial charge is 0.494 e. The molecule has 0 atom stereocenters. The number of carbonyl (C=O) groups is 1. The minimum absolute atomic E-state index is 0.0671. The Morgan fingerprint density at radius 3 is 2.70 bits per heavy atom. The highest BCUT2D eigenvalue weighted by atomic mass is 19.1. The summed E-state index contributed by atoms with van der Waals surface area (Å²) in [5.41, 5.74) is 8.54. The van der Waals surface area contributed by atoms with Gasteiger partial charge in [-0.15, -0.1) is 5.10 Å². The van der Waals surface area contributed by atoms with Crippen LogP contribution in [0.5, 0.6) is 5.75 Å². The molecule has 0 bridgehead atoms. The van der Waals surface area contributed by atoms with Crippen molar-refractivity contribution in [3.05, 3.63) is 72.3 Å². The molecule has 0 aliphatic carbocycles. The Bertz CT molecular complexity index is 1160. The van der Waals surface area contributed by atoms with Crippen LogP contribution in [0.15, 0.2) is 60.9 Å². The van der Waals surface area contributed by atoms with Crippen molar-refractivity contribution in [1.82, 2.24) is 14.8 Å². The summed E-state index contributed by atoms with van der Waals surface area (Å²) < 4.78 is 20.0. The summed E-state index contributed by atoms with van der Waals surface area (Å²) in [6.45, 7) is 0. The number of methoxy groups -OCH3 is 1. The summed E-state index contributed by atoms with van der Waals surface area (Å²) in [6, 6.07) is 13.3. The maximum atomic E-state index is 13.9. The third-order valence-electron chi connectivity index (χ3n) is 4.29. The minimum Gasteiger partial charge on any atom is -0.494 e. The number of rotatable bonds is 3. The number of ether oxygens (including phenoxy) is 1. The second kappa shape index (κ2) is 6.53. The summed E-state index contributed by atoms with van der Waals surface area (Å²) in [4.78, 5) is 16.9. The highest BCUT2D eigenvalue weighted by molar-refractivity contribution is 6.04. The molecule has 27 heavy (non-hydrogen) atoms. The summed E-state index contributed by atoms with van der Waals surface area (Å²) in [5.74, 6) is -0.811. The minimum atomic E-state index is -0.619. The molecule has 0 amide bonds. The lowest BCUT2D eigenvalue weighted by atomic mass is 10.1. The summed E-state index contributed by atoms with van der Waals surface area (Å²) in [7, 11) is 1.36. The predicted molar refractivity (Wildman–Crippen MR) is 100 cm³/mol. The molecule has 6 nitrogen and oxygen atoms in total. The average Bonchev–Trinajstić information content (AvgIpc) is 3.04. The number of hydrogen-bond acceptors (Lipinski definition) is 5. The molecule has 0 unspecified atom stereocenters.